The third kappa shape index (κ3) is 3.96. The van der Waals surface area contributed by atoms with Crippen molar-refractivity contribution in [2.45, 2.75) is 19.8 Å². The van der Waals surface area contributed by atoms with E-state index in [9.17, 15) is 4.79 Å². The molecule has 1 rings (SSSR count). The Morgan fingerprint density at radius 2 is 2.47 bits per heavy atom. The van der Waals surface area contributed by atoms with E-state index < -0.39 is 0 Å². The lowest BCUT2D eigenvalue weighted by Crippen LogP contribution is -2.29. The summed E-state index contributed by atoms with van der Waals surface area (Å²) in [4.78, 5) is 11.5. The summed E-state index contributed by atoms with van der Waals surface area (Å²) in [6.45, 7) is 2.77. The van der Waals surface area contributed by atoms with Crippen LogP contribution in [0.25, 0.3) is 0 Å². The first kappa shape index (κ1) is 12.1. The van der Waals surface area contributed by atoms with Gasteiger partial charge in [0.05, 0.1) is 11.8 Å². The van der Waals surface area contributed by atoms with Gasteiger partial charge < -0.3 is 9.73 Å². The molecule has 0 saturated heterocycles. The summed E-state index contributed by atoms with van der Waals surface area (Å²) in [5, 5.41) is 2.86. The highest BCUT2D eigenvalue weighted by Gasteiger charge is 2.10. The molecule has 4 heteroatoms. The van der Waals surface area contributed by atoms with Gasteiger partial charge in [0.15, 0.2) is 0 Å². The van der Waals surface area contributed by atoms with Gasteiger partial charge >= 0.3 is 0 Å². The Labute approximate surface area is 94.8 Å². The quantitative estimate of drug-likeness (QED) is 0.762. The van der Waals surface area contributed by atoms with Gasteiger partial charge in [0.25, 0.3) is 5.91 Å². The van der Waals surface area contributed by atoms with Gasteiger partial charge in [0.2, 0.25) is 0 Å². The van der Waals surface area contributed by atoms with Crippen molar-refractivity contribution in [2.24, 2.45) is 5.92 Å². The second kappa shape index (κ2) is 6.51. The molecule has 0 spiro atoms. The number of nitrogens with one attached hydrogen (secondary N) is 1. The number of alkyl halides is 1. The number of halogens is 1. The maximum Gasteiger partial charge on any atom is 0.254 e. The van der Waals surface area contributed by atoms with E-state index in [-0.39, 0.29) is 5.91 Å². The molecule has 1 aromatic rings. The van der Waals surface area contributed by atoms with E-state index in [1.165, 1.54) is 12.5 Å². The van der Waals surface area contributed by atoms with Crippen molar-refractivity contribution in [3.8, 4) is 0 Å². The van der Waals surface area contributed by atoms with Crippen LogP contribution in [-0.4, -0.2) is 18.3 Å². The molecule has 0 bridgehead atoms. The van der Waals surface area contributed by atoms with Crippen molar-refractivity contribution in [2.75, 3.05) is 12.4 Å². The molecule has 1 N–H and O–H groups in total. The van der Waals surface area contributed by atoms with Crippen LogP contribution < -0.4 is 5.32 Å². The van der Waals surface area contributed by atoms with Crippen LogP contribution in [0.4, 0.5) is 0 Å². The molecule has 0 fully saturated rings. The lowest BCUT2D eigenvalue weighted by molar-refractivity contribution is 0.0946. The van der Waals surface area contributed by atoms with Gasteiger partial charge in [0.1, 0.15) is 6.26 Å². The standard InChI is InChI=1S/C11H16ClNO2/c1-2-9(3-5-12)7-13-11(14)10-4-6-15-8-10/h4,6,8-9H,2-3,5,7H2,1H3,(H,13,14). The van der Waals surface area contributed by atoms with Gasteiger partial charge in [-0.1, -0.05) is 13.3 Å². The molecule has 0 aliphatic rings. The zero-order chi connectivity index (χ0) is 11.1. The Hall–Kier alpha value is -0.960. The lowest BCUT2D eigenvalue weighted by Gasteiger charge is -2.13. The predicted molar refractivity (Wildman–Crippen MR) is 60.2 cm³/mol. The molecule has 0 aromatic carbocycles. The highest BCUT2D eigenvalue weighted by Crippen LogP contribution is 2.08. The molecule has 0 aliphatic heterocycles. The minimum absolute atomic E-state index is 0.0863. The molecular formula is C11H16ClNO2. The van der Waals surface area contributed by atoms with Crippen molar-refractivity contribution < 1.29 is 9.21 Å². The monoisotopic (exact) mass is 229 g/mol. The SMILES string of the molecule is CCC(CCCl)CNC(=O)c1ccoc1. The zero-order valence-electron chi connectivity index (χ0n) is 8.83. The van der Waals surface area contributed by atoms with E-state index in [4.69, 9.17) is 16.0 Å². The third-order valence-electron chi connectivity index (χ3n) is 2.43. The Balaban J connectivity index is 2.33. The Bertz CT molecular complexity index is 285. The van der Waals surface area contributed by atoms with E-state index in [2.05, 4.69) is 12.2 Å². The Morgan fingerprint density at radius 3 is 3.00 bits per heavy atom. The number of hydrogen-bond donors (Lipinski definition) is 1. The lowest BCUT2D eigenvalue weighted by atomic mass is 10.0. The number of rotatable bonds is 6. The molecule has 0 aliphatic carbocycles. The summed E-state index contributed by atoms with van der Waals surface area (Å²) in [6.07, 6.45) is 4.89. The first-order valence-corrected chi connectivity index (χ1v) is 5.67. The first-order valence-electron chi connectivity index (χ1n) is 5.14. The average Bonchev–Trinajstić information content (AvgIpc) is 2.77. The summed E-state index contributed by atoms with van der Waals surface area (Å²) in [5.74, 6) is 1.01. The summed E-state index contributed by atoms with van der Waals surface area (Å²) in [6, 6.07) is 1.65. The van der Waals surface area contributed by atoms with Gasteiger partial charge in [-0.15, -0.1) is 11.6 Å². The predicted octanol–water partition coefficient (Wildman–Crippen LogP) is 2.66. The largest absolute Gasteiger partial charge is 0.472 e. The molecule has 0 radical (unpaired) electrons. The highest BCUT2D eigenvalue weighted by molar-refractivity contribution is 6.17. The third-order valence-corrected chi connectivity index (χ3v) is 2.65. The molecule has 1 heterocycles. The van der Waals surface area contributed by atoms with Gasteiger partial charge in [-0.2, -0.15) is 0 Å². The second-order valence-electron chi connectivity index (χ2n) is 3.47. The molecule has 3 nitrogen and oxygen atoms in total. The fourth-order valence-electron chi connectivity index (χ4n) is 1.34. The molecular weight excluding hydrogens is 214 g/mol. The summed E-state index contributed by atoms with van der Waals surface area (Å²) in [5.41, 5.74) is 0.565. The molecule has 0 saturated carbocycles. The molecule has 1 atom stereocenters. The van der Waals surface area contributed by atoms with Crippen molar-refractivity contribution in [3.63, 3.8) is 0 Å². The van der Waals surface area contributed by atoms with E-state index in [0.717, 1.165) is 12.8 Å². The number of amides is 1. The van der Waals surface area contributed by atoms with Crippen LogP contribution in [0.15, 0.2) is 23.0 Å². The topological polar surface area (TPSA) is 42.2 Å². The fourth-order valence-corrected chi connectivity index (χ4v) is 1.65. The minimum atomic E-state index is -0.0863. The smallest absolute Gasteiger partial charge is 0.254 e. The minimum Gasteiger partial charge on any atom is -0.472 e. The molecule has 15 heavy (non-hydrogen) atoms. The Kier molecular flexibility index (Phi) is 5.26. The van der Waals surface area contributed by atoms with E-state index in [0.29, 0.717) is 23.9 Å². The van der Waals surface area contributed by atoms with E-state index in [1.54, 1.807) is 6.07 Å². The maximum atomic E-state index is 11.5. The summed E-state index contributed by atoms with van der Waals surface area (Å²) in [7, 11) is 0. The van der Waals surface area contributed by atoms with Crippen molar-refractivity contribution in [3.05, 3.63) is 24.2 Å². The van der Waals surface area contributed by atoms with Crippen molar-refractivity contribution >= 4 is 17.5 Å². The second-order valence-corrected chi connectivity index (χ2v) is 3.85. The Morgan fingerprint density at radius 1 is 1.67 bits per heavy atom. The number of furan rings is 1. The van der Waals surface area contributed by atoms with Gasteiger partial charge in [-0.25, -0.2) is 0 Å². The molecule has 1 unspecified atom stereocenters. The van der Waals surface area contributed by atoms with Crippen LogP contribution >= 0.6 is 11.6 Å². The first-order chi connectivity index (χ1) is 7.27. The van der Waals surface area contributed by atoms with Gasteiger partial charge in [-0.3, -0.25) is 4.79 Å². The zero-order valence-corrected chi connectivity index (χ0v) is 9.59. The molecule has 1 aromatic heterocycles. The fraction of sp³-hybridized carbons (Fsp3) is 0.545. The number of carbonyl (C=O) groups is 1. The average molecular weight is 230 g/mol. The van der Waals surface area contributed by atoms with Crippen LogP contribution in [0.1, 0.15) is 30.1 Å². The van der Waals surface area contributed by atoms with E-state index in [1.807, 2.05) is 0 Å². The van der Waals surface area contributed by atoms with Crippen molar-refractivity contribution in [1.82, 2.24) is 5.32 Å². The summed E-state index contributed by atoms with van der Waals surface area (Å²) < 4.78 is 4.83. The highest BCUT2D eigenvalue weighted by atomic mass is 35.5. The maximum absolute atomic E-state index is 11.5. The molecule has 1 amide bonds. The van der Waals surface area contributed by atoms with Crippen LogP contribution in [0.2, 0.25) is 0 Å². The number of hydrogen-bond acceptors (Lipinski definition) is 2. The molecule has 84 valence electrons. The summed E-state index contributed by atoms with van der Waals surface area (Å²) >= 11 is 5.66. The van der Waals surface area contributed by atoms with Crippen LogP contribution in [0.5, 0.6) is 0 Å². The van der Waals surface area contributed by atoms with Gasteiger partial charge in [-0.05, 0) is 18.4 Å². The van der Waals surface area contributed by atoms with Crippen LogP contribution in [-0.2, 0) is 0 Å². The van der Waals surface area contributed by atoms with E-state index >= 15 is 0 Å². The van der Waals surface area contributed by atoms with Crippen LogP contribution in [0, 0.1) is 5.92 Å². The van der Waals surface area contributed by atoms with Crippen molar-refractivity contribution in [1.29, 1.82) is 0 Å². The van der Waals surface area contributed by atoms with Gasteiger partial charge in [0, 0.05) is 12.4 Å². The van der Waals surface area contributed by atoms with Crippen LogP contribution in [0.3, 0.4) is 0 Å². The number of carbonyl (C=O) groups excluding carboxylic acids is 1. The normalized spacial score (nSPS) is 12.4.